The van der Waals surface area contributed by atoms with Gasteiger partial charge in [-0.2, -0.15) is 0 Å². The normalized spacial score (nSPS) is 31.0. The fourth-order valence-electron chi connectivity index (χ4n) is 2.24. The number of rotatable bonds is 3. The summed E-state index contributed by atoms with van der Waals surface area (Å²) in [5.41, 5.74) is 0. The molecule has 0 aromatic heterocycles. The number of aliphatic hydroxyl groups is 1. The van der Waals surface area contributed by atoms with Crippen LogP contribution in [0.1, 0.15) is 38.5 Å². The molecule has 0 aliphatic heterocycles. The highest BCUT2D eigenvalue weighted by molar-refractivity contribution is 5.74. The van der Waals surface area contributed by atoms with Gasteiger partial charge in [-0.05, 0) is 25.7 Å². The zero-order valence-electron chi connectivity index (χ0n) is 9.04. The standard InChI is InChI=1S/C11H20N2O2/c14-7-8-3-1-2-4-10(8)13-11(15)12-9-5-6-9/h8-10,14H,1-7H2,(H2,12,13,15). The summed E-state index contributed by atoms with van der Waals surface area (Å²) >= 11 is 0. The van der Waals surface area contributed by atoms with Gasteiger partial charge in [0.05, 0.1) is 0 Å². The van der Waals surface area contributed by atoms with E-state index < -0.39 is 0 Å². The van der Waals surface area contributed by atoms with Crippen LogP contribution in [0.2, 0.25) is 0 Å². The van der Waals surface area contributed by atoms with Crippen molar-refractivity contribution in [1.29, 1.82) is 0 Å². The van der Waals surface area contributed by atoms with Crippen molar-refractivity contribution < 1.29 is 9.90 Å². The Hall–Kier alpha value is -0.770. The Morgan fingerprint density at radius 2 is 1.87 bits per heavy atom. The number of urea groups is 1. The fourth-order valence-corrected chi connectivity index (χ4v) is 2.24. The first-order chi connectivity index (χ1) is 7.29. The van der Waals surface area contributed by atoms with Crippen LogP contribution in [0.25, 0.3) is 0 Å². The second-order valence-corrected chi connectivity index (χ2v) is 4.73. The van der Waals surface area contributed by atoms with Gasteiger partial charge in [0.15, 0.2) is 0 Å². The van der Waals surface area contributed by atoms with Crippen LogP contribution in [0, 0.1) is 5.92 Å². The van der Waals surface area contributed by atoms with Gasteiger partial charge in [-0.3, -0.25) is 0 Å². The Balaban J connectivity index is 1.76. The van der Waals surface area contributed by atoms with Crippen LogP contribution in [-0.4, -0.2) is 29.8 Å². The number of carbonyl (C=O) groups excluding carboxylic acids is 1. The average Bonchev–Trinajstić information content (AvgIpc) is 3.02. The highest BCUT2D eigenvalue weighted by Crippen LogP contribution is 2.24. The third kappa shape index (κ3) is 3.09. The minimum absolute atomic E-state index is 0.0529. The summed E-state index contributed by atoms with van der Waals surface area (Å²) in [6.07, 6.45) is 6.59. The van der Waals surface area contributed by atoms with E-state index in [1.807, 2.05) is 0 Å². The van der Waals surface area contributed by atoms with Crippen molar-refractivity contribution in [3.8, 4) is 0 Å². The maximum Gasteiger partial charge on any atom is 0.315 e. The zero-order valence-corrected chi connectivity index (χ0v) is 9.04. The Kier molecular flexibility index (Phi) is 3.46. The van der Waals surface area contributed by atoms with E-state index in [2.05, 4.69) is 10.6 Å². The summed E-state index contributed by atoms with van der Waals surface area (Å²) in [6, 6.07) is 0.520. The van der Waals surface area contributed by atoms with Gasteiger partial charge in [0.25, 0.3) is 0 Å². The van der Waals surface area contributed by atoms with Crippen molar-refractivity contribution in [2.24, 2.45) is 5.92 Å². The first kappa shape index (κ1) is 10.7. The maximum absolute atomic E-state index is 11.5. The predicted molar refractivity (Wildman–Crippen MR) is 57.5 cm³/mol. The number of hydrogen-bond donors (Lipinski definition) is 3. The molecule has 0 aromatic rings. The summed E-state index contributed by atoms with van der Waals surface area (Å²) in [6.45, 7) is 0.189. The molecule has 0 spiro atoms. The minimum Gasteiger partial charge on any atom is -0.396 e. The highest BCUT2D eigenvalue weighted by Gasteiger charge is 2.28. The molecule has 0 heterocycles. The van der Waals surface area contributed by atoms with Crippen LogP contribution < -0.4 is 10.6 Å². The number of nitrogens with one attached hydrogen (secondary N) is 2. The van der Waals surface area contributed by atoms with Crippen LogP contribution in [0.5, 0.6) is 0 Å². The largest absolute Gasteiger partial charge is 0.396 e. The molecule has 2 fully saturated rings. The molecule has 3 N–H and O–H groups in total. The number of carbonyl (C=O) groups is 1. The number of hydrogen-bond acceptors (Lipinski definition) is 2. The van der Waals surface area contributed by atoms with Crippen LogP contribution in [-0.2, 0) is 0 Å². The van der Waals surface area contributed by atoms with E-state index in [9.17, 15) is 9.90 Å². The molecule has 2 aliphatic rings. The van der Waals surface area contributed by atoms with Gasteiger partial charge >= 0.3 is 6.03 Å². The number of aliphatic hydroxyl groups excluding tert-OH is 1. The molecule has 2 unspecified atom stereocenters. The number of amides is 2. The SMILES string of the molecule is O=C(NC1CC1)NC1CCCCC1CO. The molecule has 2 atom stereocenters. The van der Waals surface area contributed by atoms with Crippen LogP contribution in [0.3, 0.4) is 0 Å². The third-order valence-electron chi connectivity index (χ3n) is 3.37. The molecule has 2 aliphatic carbocycles. The smallest absolute Gasteiger partial charge is 0.315 e. The Morgan fingerprint density at radius 3 is 2.53 bits per heavy atom. The van der Waals surface area contributed by atoms with Gasteiger partial charge in [0.2, 0.25) is 0 Å². The van der Waals surface area contributed by atoms with Crippen molar-refractivity contribution in [2.75, 3.05) is 6.61 Å². The summed E-state index contributed by atoms with van der Waals surface area (Å²) in [5.74, 6) is 0.253. The van der Waals surface area contributed by atoms with E-state index in [1.165, 1.54) is 6.42 Å². The Bertz CT molecular complexity index is 229. The van der Waals surface area contributed by atoms with Crippen LogP contribution in [0.4, 0.5) is 4.79 Å². The summed E-state index contributed by atoms with van der Waals surface area (Å²) < 4.78 is 0. The quantitative estimate of drug-likeness (QED) is 0.653. The lowest BCUT2D eigenvalue weighted by Gasteiger charge is -2.30. The van der Waals surface area contributed by atoms with E-state index in [-0.39, 0.29) is 24.6 Å². The first-order valence-corrected chi connectivity index (χ1v) is 5.97. The van der Waals surface area contributed by atoms with Gasteiger partial charge in [-0.25, -0.2) is 4.79 Å². The molecule has 0 aromatic carbocycles. The van der Waals surface area contributed by atoms with E-state index in [4.69, 9.17) is 0 Å². The molecule has 0 bridgehead atoms. The van der Waals surface area contributed by atoms with Gasteiger partial charge in [-0.1, -0.05) is 12.8 Å². The second kappa shape index (κ2) is 4.84. The fraction of sp³-hybridized carbons (Fsp3) is 0.909. The van der Waals surface area contributed by atoms with E-state index >= 15 is 0 Å². The van der Waals surface area contributed by atoms with Gasteiger partial charge < -0.3 is 15.7 Å². The van der Waals surface area contributed by atoms with Gasteiger partial charge in [-0.15, -0.1) is 0 Å². The molecule has 2 saturated carbocycles. The monoisotopic (exact) mass is 212 g/mol. The summed E-state index contributed by atoms with van der Waals surface area (Å²) in [4.78, 5) is 11.5. The molecule has 0 saturated heterocycles. The van der Waals surface area contributed by atoms with Crippen molar-refractivity contribution >= 4 is 6.03 Å². The van der Waals surface area contributed by atoms with E-state index in [0.29, 0.717) is 6.04 Å². The molecule has 4 nitrogen and oxygen atoms in total. The molecule has 2 amide bonds. The lowest BCUT2D eigenvalue weighted by Crippen LogP contribution is -2.48. The van der Waals surface area contributed by atoms with Crippen LogP contribution >= 0.6 is 0 Å². The average molecular weight is 212 g/mol. The third-order valence-corrected chi connectivity index (χ3v) is 3.37. The van der Waals surface area contributed by atoms with Gasteiger partial charge in [0, 0.05) is 24.6 Å². The van der Waals surface area contributed by atoms with E-state index in [1.54, 1.807) is 0 Å². The summed E-state index contributed by atoms with van der Waals surface area (Å²) in [5, 5.41) is 15.1. The molecule has 15 heavy (non-hydrogen) atoms. The lowest BCUT2D eigenvalue weighted by atomic mass is 9.85. The maximum atomic E-state index is 11.5. The predicted octanol–water partition coefficient (Wildman–Crippen LogP) is 0.999. The Labute approximate surface area is 90.4 Å². The molecule has 4 heteroatoms. The minimum atomic E-state index is -0.0529. The molecule has 0 radical (unpaired) electrons. The highest BCUT2D eigenvalue weighted by atomic mass is 16.3. The van der Waals surface area contributed by atoms with Crippen molar-refractivity contribution in [2.45, 2.75) is 50.6 Å². The molecular weight excluding hydrogens is 192 g/mol. The zero-order chi connectivity index (χ0) is 10.7. The first-order valence-electron chi connectivity index (χ1n) is 5.97. The second-order valence-electron chi connectivity index (χ2n) is 4.73. The molecule has 86 valence electrons. The lowest BCUT2D eigenvalue weighted by molar-refractivity contribution is 0.153. The summed E-state index contributed by atoms with van der Waals surface area (Å²) in [7, 11) is 0. The molecular formula is C11H20N2O2. The van der Waals surface area contributed by atoms with Crippen molar-refractivity contribution in [3.63, 3.8) is 0 Å². The van der Waals surface area contributed by atoms with Crippen molar-refractivity contribution in [1.82, 2.24) is 10.6 Å². The molecule has 2 rings (SSSR count). The van der Waals surface area contributed by atoms with E-state index in [0.717, 1.165) is 32.1 Å². The Morgan fingerprint density at radius 1 is 1.13 bits per heavy atom. The van der Waals surface area contributed by atoms with Crippen molar-refractivity contribution in [3.05, 3.63) is 0 Å². The van der Waals surface area contributed by atoms with Crippen LogP contribution in [0.15, 0.2) is 0 Å². The van der Waals surface area contributed by atoms with Gasteiger partial charge in [0.1, 0.15) is 0 Å². The topological polar surface area (TPSA) is 61.4 Å².